The Kier molecular flexibility index (Phi) is 7.03. The van der Waals surface area contributed by atoms with Gasteiger partial charge in [0.05, 0.1) is 18.4 Å². The van der Waals surface area contributed by atoms with Gasteiger partial charge in [-0.3, -0.25) is 4.79 Å². The van der Waals surface area contributed by atoms with Crippen molar-refractivity contribution in [2.45, 2.75) is 13.5 Å². The molecule has 0 aliphatic carbocycles. The zero-order valence-electron chi connectivity index (χ0n) is 15.0. The van der Waals surface area contributed by atoms with Crippen LogP contribution in [0.2, 0.25) is 0 Å². The summed E-state index contributed by atoms with van der Waals surface area (Å²) in [6.45, 7) is 1.91. The predicted octanol–water partition coefficient (Wildman–Crippen LogP) is 3.54. The van der Waals surface area contributed by atoms with Crippen molar-refractivity contribution in [2.75, 3.05) is 12.4 Å². The Balaban J connectivity index is 2.17. The van der Waals surface area contributed by atoms with E-state index in [9.17, 15) is 9.59 Å². The molecule has 0 aliphatic heterocycles. The van der Waals surface area contributed by atoms with E-state index >= 15 is 0 Å². The zero-order chi connectivity index (χ0) is 19.6. The molecule has 138 valence electrons. The molecular formula is C21H19NO5. The molecule has 2 aromatic rings. The van der Waals surface area contributed by atoms with E-state index in [1.807, 2.05) is 0 Å². The molecule has 6 heteroatoms. The maximum absolute atomic E-state index is 12.2. The number of nitrogens with one attached hydrogen (secondary N) is 1. The second-order valence-corrected chi connectivity index (χ2v) is 5.38. The number of carboxylic acids is 1. The lowest BCUT2D eigenvalue weighted by Crippen LogP contribution is -2.11. The Morgan fingerprint density at radius 2 is 2.00 bits per heavy atom. The summed E-state index contributed by atoms with van der Waals surface area (Å²) in [5, 5.41) is 11.7. The molecule has 0 aliphatic rings. The fraction of sp³-hybridized carbons (Fsp3) is 0.143. The number of para-hydroxylation sites is 1. The number of aromatic carboxylic acids is 1. The number of benzene rings is 2. The average molecular weight is 365 g/mol. The van der Waals surface area contributed by atoms with Crippen molar-refractivity contribution >= 4 is 23.6 Å². The quantitative estimate of drug-likeness (QED) is 0.579. The molecule has 0 radical (unpaired) electrons. The van der Waals surface area contributed by atoms with E-state index in [-0.39, 0.29) is 17.9 Å². The van der Waals surface area contributed by atoms with E-state index in [0.717, 1.165) is 11.1 Å². The largest absolute Gasteiger partial charge is 0.497 e. The summed E-state index contributed by atoms with van der Waals surface area (Å²) in [4.78, 5) is 23.4. The van der Waals surface area contributed by atoms with Crippen LogP contribution in [-0.4, -0.2) is 24.1 Å². The van der Waals surface area contributed by atoms with Crippen LogP contribution in [0.15, 0.2) is 48.5 Å². The highest BCUT2D eigenvalue weighted by Gasteiger charge is 2.10. The number of hydrogen-bond donors (Lipinski definition) is 2. The maximum atomic E-state index is 12.2. The van der Waals surface area contributed by atoms with Crippen LogP contribution < -0.4 is 10.1 Å². The van der Waals surface area contributed by atoms with Crippen LogP contribution in [0.4, 0.5) is 5.69 Å². The number of hydrogen-bond acceptors (Lipinski definition) is 4. The number of carboxylic acid groups (broad SMARTS) is 1. The summed E-state index contributed by atoms with van der Waals surface area (Å²) < 4.78 is 10.4. The first-order valence-corrected chi connectivity index (χ1v) is 8.07. The molecule has 0 unspecified atom stereocenters. The minimum atomic E-state index is -1.11. The number of ether oxygens (including phenoxy) is 2. The van der Waals surface area contributed by atoms with Crippen molar-refractivity contribution in [2.24, 2.45) is 0 Å². The minimum Gasteiger partial charge on any atom is -0.497 e. The highest BCUT2D eigenvalue weighted by Crippen LogP contribution is 2.20. The van der Waals surface area contributed by atoms with Gasteiger partial charge < -0.3 is 19.9 Å². The van der Waals surface area contributed by atoms with Crippen molar-refractivity contribution in [3.05, 3.63) is 65.2 Å². The van der Waals surface area contributed by atoms with E-state index in [1.54, 1.807) is 50.4 Å². The average Bonchev–Trinajstić information content (AvgIpc) is 2.67. The van der Waals surface area contributed by atoms with Crippen LogP contribution in [0.3, 0.4) is 0 Å². The van der Waals surface area contributed by atoms with Crippen molar-refractivity contribution in [1.29, 1.82) is 0 Å². The lowest BCUT2D eigenvalue weighted by Gasteiger charge is -2.08. The summed E-state index contributed by atoms with van der Waals surface area (Å²) in [5.41, 5.74) is 1.81. The molecule has 2 aromatic carbocycles. The first kappa shape index (κ1) is 19.6. The van der Waals surface area contributed by atoms with Gasteiger partial charge in [0.2, 0.25) is 5.91 Å². The lowest BCUT2D eigenvalue weighted by atomic mass is 10.1. The van der Waals surface area contributed by atoms with Gasteiger partial charge in [-0.25, -0.2) is 4.79 Å². The Hall–Kier alpha value is -3.72. The van der Waals surface area contributed by atoms with E-state index in [2.05, 4.69) is 17.3 Å². The second kappa shape index (κ2) is 9.68. The molecule has 1 amide bonds. The third-order valence-electron chi connectivity index (χ3n) is 3.58. The van der Waals surface area contributed by atoms with Crippen LogP contribution in [0.1, 0.15) is 28.4 Å². The molecule has 2 rings (SSSR count). The smallest absolute Gasteiger partial charge is 0.337 e. The topological polar surface area (TPSA) is 84.9 Å². The van der Waals surface area contributed by atoms with Gasteiger partial charge in [-0.05, 0) is 35.9 Å². The molecule has 0 bridgehead atoms. The molecule has 0 spiro atoms. The first-order valence-electron chi connectivity index (χ1n) is 8.07. The van der Waals surface area contributed by atoms with Gasteiger partial charge in [-0.15, -0.1) is 0 Å². The van der Waals surface area contributed by atoms with Gasteiger partial charge >= 0.3 is 5.97 Å². The molecule has 0 fully saturated rings. The Morgan fingerprint density at radius 1 is 1.22 bits per heavy atom. The number of carbonyl (C=O) groups excluding carboxylic acids is 1. The Bertz CT molecular complexity index is 922. The van der Waals surface area contributed by atoms with Crippen LogP contribution in [0.5, 0.6) is 5.75 Å². The third kappa shape index (κ3) is 5.65. The molecular weight excluding hydrogens is 346 g/mol. The van der Waals surface area contributed by atoms with Crippen molar-refractivity contribution < 1.29 is 24.2 Å². The number of methoxy groups -OCH3 is 1. The Labute approximate surface area is 157 Å². The van der Waals surface area contributed by atoms with E-state index in [4.69, 9.17) is 14.6 Å². The highest BCUT2D eigenvalue weighted by atomic mass is 16.5. The van der Waals surface area contributed by atoms with Crippen LogP contribution in [-0.2, 0) is 16.1 Å². The molecule has 6 nitrogen and oxygen atoms in total. The highest BCUT2D eigenvalue weighted by molar-refractivity contribution is 6.06. The molecule has 0 saturated heterocycles. The van der Waals surface area contributed by atoms with Crippen molar-refractivity contribution in [1.82, 2.24) is 0 Å². The van der Waals surface area contributed by atoms with Crippen molar-refractivity contribution in [3.63, 3.8) is 0 Å². The van der Waals surface area contributed by atoms with Crippen LogP contribution in [0, 0.1) is 12.0 Å². The third-order valence-corrected chi connectivity index (χ3v) is 3.58. The number of amides is 1. The predicted molar refractivity (Wildman–Crippen MR) is 102 cm³/mol. The van der Waals surface area contributed by atoms with E-state index in [0.29, 0.717) is 5.75 Å². The summed E-state index contributed by atoms with van der Waals surface area (Å²) in [6, 6.07) is 11.6. The number of rotatable bonds is 7. The van der Waals surface area contributed by atoms with Crippen LogP contribution in [0.25, 0.3) is 6.08 Å². The maximum Gasteiger partial charge on any atom is 0.337 e. The standard InChI is InChI=1S/C21H19NO5/c1-3-12-27-14-16-13-17(26-2)10-8-15(16)9-11-20(23)22-19-7-5-4-6-18(19)21(24)25/h4-11,13H,14H2,1-2H3,(H,22,23)(H,24,25)/b11-9+. The first-order chi connectivity index (χ1) is 13.0. The molecule has 0 heterocycles. The molecule has 0 atom stereocenters. The zero-order valence-corrected chi connectivity index (χ0v) is 15.0. The minimum absolute atomic E-state index is 0.0240. The monoisotopic (exact) mass is 365 g/mol. The Morgan fingerprint density at radius 3 is 2.70 bits per heavy atom. The van der Waals surface area contributed by atoms with Gasteiger partial charge in [0.25, 0.3) is 0 Å². The van der Waals surface area contributed by atoms with Gasteiger partial charge in [-0.2, -0.15) is 0 Å². The normalized spacial score (nSPS) is 10.0. The summed E-state index contributed by atoms with van der Waals surface area (Å²) >= 11 is 0. The SMILES string of the molecule is CC#COCc1cc(OC)ccc1/C=C/C(=O)Nc1ccccc1C(=O)O. The fourth-order valence-electron chi connectivity index (χ4n) is 2.30. The lowest BCUT2D eigenvalue weighted by molar-refractivity contribution is -0.111. The number of anilines is 1. The van der Waals surface area contributed by atoms with Gasteiger partial charge in [0.15, 0.2) is 0 Å². The summed E-state index contributed by atoms with van der Waals surface area (Å²) in [5.74, 6) is 1.75. The van der Waals surface area contributed by atoms with Gasteiger partial charge in [-0.1, -0.05) is 24.1 Å². The molecule has 0 aromatic heterocycles. The number of carbonyl (C=O) groups is 2. The fourth-order valence-corrected chi connectivity index (χ4v) is 2.30. The summed E-state index contributed by atoms with van der Waals surface area (Å²) in [6.07, 6.45) is 5.48. The summed E-state index contributed by atoms with van der Waals surface area (Å²) in [7, 11) is 1.56. The van der Waals surface area contributed by atoms with Crippen LogP contribution >= 0.6 is 0 Å². The van der Waals surface area contributed by atoms with Gasteiger partial charge in [0.1, 0.15) is 18.5 Å². The van der Waals surface area contributed by atoms with E-state index < -0.39 is 11.9 Å². The van der Waals surface area contributed by atoms with Crippen molar-refractivity contribution in [3.8, 4) is 17.8 Å². The molecule has 2 N–H and O–H groups in total. The molecule has 27 heavy (non-hydrogen) atoms. The second-order valence-electron chi connectivity index (χ2n) is 5.38. The van der Waals surface area contributed by atoms with Gasteiger partial charge in [0, 0.05) is 18.6 Å². The molecule has 0 saturated carbocycles. The van der Waals surface area contributed by atoms with E-state index in [1.165, 1.54) is 18.2 Å².